The van der Waals surface area contributed by atoms with E-state index in [4.69, 9.17) is 9.47 Å². The lowest BCUT2D eigenvalue weighted by molar-refractivity contribution is 0.174. The summed E-state index contributed by atoms with van der Waals surface area (Å²) in [5.74, 6) is 1.30. The largest absolute Gasteiger partial charge is 0.454 e. The molecule has 0 saturated carbocycles. The molecule has 1 aliphatic rings. The smallest absolute Gasteiger partial charge is 0.231 e. The first kappa shape index (κ1) is 13.8. The summed E-state index contributed by atoms with van der Waals surface area (Å²) >= 11 is 0. The van der Waals surface area contributed by atoms with Gasteiger partial charge in [-0.05, 0) is 42.3 Å². The van der Waals surface area contributed by atoms with Crippen molar-refractivity contribution in [2.24, 2.45) is 0 Å². The average Bonchev–Trinajstić information content (AvgIpc) is 3.15. The summed E-state index contributed by atoms with van der Waals surface area (Å²) < 4.78 is 25.6. The maximum Gasteiger partial charge on any atom is 0.231 e. The van der Waals surface area contributed by atoms with Crippen LogP contribution in [-0.2, 0) is 6.54 Å². The van der Waals surface area contributed by atoms with E-state index in [0.717, 1.165) is 33.9 Å². The van der Waals surface area contributed by atoms with Crippen LogP contribution in [-0.4, -0.2) is 16.6 Å². The zero-order valence-corrected chi connectivity index (χ0v) is 12.6. The van der Waals surface area contributed by atoms with Crippen LogP contribution in [0.4, 0.5) is 4.39 Å². The Morgan fingerprint density at radius 1 is 1.09 bits per heavy atom. The van der Waals surface area contributed by atoms with Gasteiger partial charge in [0.05, 0.1) is 12.2 Å². The fourth-order valence-electron chi connectivity index (χ4n) is 2.72. The average molecular weight is 310 g/mol. The van der Waals surface area contributed by atoms with Crippen molar-refractivity contribution < 1.29 is 13.9 Å². The molecule has 0 unspecified atom stereocenters. The molecule has 116 valence electrons. The number of aryl methyl sites for hydroxylation is 1. The first-order chi connectivity index (χ1) is 11.2. The minimum atomic E-state index is -0.230. The fraction of sp³-hybridized carbons (Fsp3) is 0.167. The molecule has 0 saturated heterocycles. The Morgan fingerprint density at radius 3 is 2.70 bits per heavy atom. The molecule has 2 heterocycles. The van der Waals surface area contributed by atoms with Gasteiger partial charge >= 0.3 is 0 Å². The summed E-state index contributed by atoms with van der Waals surface area (Å²) in [6.07, 6.45) is 2.00. The molecule has 0 N–H and O–H groups in total. The van der Waals surface area contributed by atoms with Gasteiger partial charge in [0.25, 0.3) is 0 Å². The number of hydrogen-bond acceptors (Lipinski definition) is 3. The van der Waals surface area contributed by atoms with Crippen molar-refractivity contribution in [1.82, 2.24) is 9.78 Å². The molecule has 1 aromatic heterocycles. The summed E-state index contributed by atoms with van der Waals surface area (Å²) in [4.78, 5) is 0. The van der Waals surface area contributed by atoms with Crippen molar-refractivity contribution in [1.29, 1.82) is 0 Å². The van der Waals surface area contributed by atoms with Crippen molar-refractivity contribution in [2.45, 2.75) is 13.5 Å². The summed E-state index contributed by atoms with van der Waals surface area (Å²) in [5.41, 5.74) is 4.03. The van der Waals surface area contributed by atoms with Gasteiger partial charge in [0.2, 0.25) is 6.79 Å². The Balaban J connectivity index is 1.63. The standard InChI is InChI=1S/C18H15FN2O2/c1-12-16(14-4-7-17-18(8-14)23-11-22-17)10-21(20-12)9-13-2-5-15(19)6-3-13/h2-8,10H,9,11H2,1H3. The van der Waals surface area contributed by atoms with E-state index in [9.17, 15) is 4.39 Å². The van der Waals surface area contributed by atoms with E-state index in [1.807, 2.05) is 36.0 Å². The number of rotatable bonds is 3. The molecule has 0 fully saturated rings. The first-order valence-corrected chi connectivity index (χ1v) is 7.37. The molecule has 4 rings (SSSR count). The van der Waals surface area contributed by atoms with Gasteiger partial charge in [0, 0.05) is 11.8 Å². The SMILES string of the molecule is Cc1nn(Cc2ccc(F)cc2)cc1-c1ccc2c(c1)OCO2. The number of halogens is 1. The fourth-order valence-corrected chi connectivity index (χ4v) is 2.72. The minimum Gasteiger partial charge on any atom is -0.454 e. The molecule has 0 amide bonds. The van der Waals surface area contributed by atoms with Gasteiger partial charge in [-0.1, -0.05) is 18.2 Å². The molecule has 3 aromatic rings. The van der Waals surface area contributed by atoms with Crippen molar-refractivity contribution in [3.8, 4) is 22.6 Å². The summed E-state index contributed by atoms with van der Waals surface area (Å²) in [6, 6.07) is 12.3. The van der Waals surface area contributed by atoms with Gasteiger partial charge in [0.15, 0.2) is 11.5 Å². The molecule has 1 aliphatic heterocycles. The van der Waals surface area contributed by atoms with E-state index in [0.29, 0.717) is 6.54 Å². The Morgan fingerprint density at radius 2 is 1.87 bits per heavy atom. The van der Waals surface area contributed by atoms with Crippen LogP contribution in [0.15, 0.2) is 48.7 Å². The molecule has 0 bridgehead atoms. The third kappa shape index (κ3) is 2.65. The number of aromatic nitrogens is 2. The van der Waals surface area contributed by atoms with Crippen LogP contribution in [0.1, 0.15) is 11.3 Å². The topological polar surface area (TPSA) is 36.3 Å². The van der Waals surface area contributed by atoms with E-state index in [1.54, 1.807) is 12.1 Å². The summed E-state index contributed by atoms with van der Waals surface area (Å²) in [5, 5.41) is 4.55. The number of benzene rings is 2. The summed E-state index contributed by atoms with van der Waals surface area (Å²) in [7, 11) is 0. The predicted octanol–water partition coefficient (Wildman–Crippen LogP) is 3.77. The van der Waals surface area contributed by atoms with Gasteiger partial charge in [-0.25, -0.2) is 4.39 Å². The highest BCUT2D eigenvalue weighted by Crippen LogP contribution is 2.36. The maximum atomic E-state index is 13.0. The zero-order valence-electron chi connectivity index (χ0n) is 12.6. The monoisotopic (exact) mass is 310 g/mol. The van der Waals surface area contributed by atoms with E-state index in [-0.39, 0.29) is 12.6 Å². The third-order valence-electron chi connectivity index (χ3n) is 3.89. The van der Waals surface area contributed by atoms with Crippen molar-refractivity contribution in [3.05, 3.63) is 65.7 Å². The normalized spacial score (nSPS) is 12.6. The van der Waals surface area contributed by atoms with Gasteiger partial charge in [0.1, 0.15) is 5.82 Å². The van der Waals surface area contributed by atoms with E-state index in [2.05, 4.69) is 5.10 Å². The van der Waals surface area contributed by atoms with Crippen LogP contribution in [0.5, 0.6) is 11.5 Å². The second-order valence-electron chi connectivity index (χ2n) is 5.52. The predicted molar refractivity (Wildman–Crippen MR) is 84.0 cm³/mol. The van der Waals surface area contributed by atoms with Crippen molar-refractivity contribution in [2.75, 3.05) is 6.79 Å². The lowest BCUT2D eigenvalue weighted by Gasteiger charge is -2.02. The Hall–Kier alpha value is -2.82. The number of nitrogens with zero attached hydrogens (tertiary/aromatic N) is 2. The highest BCUT2D eigenvalue weighted by molar-refractivity contribution is 5.68. The number of fused-ring (bicyclic) bond motifs is 1. The van der Waals surface area contributed by atoms with Crippen LogP contribution in [0.25, 0.3) is 11.1 Å². The molecule has 0 aliphatic carbocycles. The molecule has 5 heteroatoms. The van der Waals surface area contributed by atoms with Gasteiger partial charge in [-0.3, -0.25) is 4.68 Å². The highest BCUT2D eigenvalue weighted by Gasteiger charge is 2.16. The summed E-state index contributed by atoms with van der Waals surface area (Å²) in [6.45, 7) is 2.84. The molecule has 0 spiro atoms. The molecule has 2 aromatic carbocycles. The second-order valence-corrected chi connectivity index (χ2v) is 5.52. The molecular weight excluding hydrogens is 295 g/mol. The van der Waals surface area contributed by atoms with Crippen LogP contribution in [0, 0.1) is 12.7 Å². The van der Waals surface area contributed by atoms with Crippen molar-refractivity contribution >= 4 is 0 Å². The first-order valence-electron chi connectivity index (χ1n) is 7.37. The number of hydrogen-bond donors (Lipinski definition) is 0. The molecule has 4 nitrogen and oxygen atoms in total. The second kappa shape index (κ2) is 5.43. The van der Waals surface area contributed by atoms with Crippen LogP contribution in [0.3, 0.4) is 0 Å². The maximum absolute atomic E-state index is 13.0. The van der Waals surface area contributed by atoms with Crippen LogP contribution in [0.2, 0.25) is 0 Å². The van der Waals surface area contributed by atoms with E-state index < -0.39 is 0 Å². The highest BCUT2D eigenvalue weighted by atomic mass is 19.1. The quantitative estimate of drug-likeness (QED) is 0.739. The minimum absolute atomic E-state index is 0.230. The van der Waals surface area contributed by atoms with Crippen LogP contribution < -0.4 is 9.47 Å². The third-order valence-corrected chi connectivity index (χ3v) is 3.89. The molecule has 0 atom stereocenters. The molecule has 0 radical (unpaired) electrons. The lowest BCUT2D eigenvalue weighted by atomic mass is 10.1. The zero-order chi connectivity index (χ0) is 15.8. The van der Waals surface area contributed by atoms with E-state index >= 15 is 0 Å². The van der Waals surface area contributed by atoms with Gasteiger partial charge in [-0.2, -0.15) is 5.10 Å². The van der Waals surface area contributed by atoms with Crippen LogP contribution >= 0.6 is 0 Å². The lowest BCUT2D eigenvalue weighted by Crippen LogP contribution is -2.00. The Labute approximate surface area is 133 Å². The van der Waals surface area contributed by atoms with Gasteiger partial charge < -0.3 is 9.47 Å². The molecule has 23 heavy (non-hydrogen) atoms. The Bertz CT molecular complexity index is 856. The van der Waals surface area contributed by atoms with Gasteiger partial charge in [-0.15, -0.1) is 0 Å². The number of ether oxygens (including phenoxy) is 2. The molecular formula is C18H15FN2O2. The van der Waals surface area contributed by atoms with E-state index in [1.165, 1.54) is 12.1 Å². The Kier molecular flexibility index (Phi) is 3.26. The van der Waals surface area contributed by atoms with Crippen molar-refractivity contribution in [3.63, 3.8) is 0 Å².